The van der Waals surface area contributed by atoms with Crippen LogP contribution in [0.5, 0.6) is 6.01 Å². The predicted octanol–water partition coefficient (Wildman–Crippen LogP) is 2.40. The summed E-state index contributed by atoms with van der Waals surface area (Å²) in [5.74, 6) is 0.835. The summed E-state index contributed by atoms with van der Waals surface area (Å²) in [6.07, 6.45) is 9.90. The molecule has 0 atom stereocenters. The molecule has 1 aromatic heterocycles. The number of allylic oxidation sites excluding steroid dienone is 3. The van der Waals surface area contributed by atoms with Gasteiger partial charge in [-0.3, -0.25) is 0 Å². The average Bonchev–Trinajstić information content (AvgIpc) is 2.19. The summed E-state index contributed by atoms with van der Waals surface area (Å²) in [4.78, 5) is 8.18. The minimum atomic E-state index is 0.419. The number of aryl methyl sites for hydroxylation is 1. The number of aromatic nitrogens is 2. The van der Waals surface area contributed by atoms with Crippen LogP contribution in [0.15, 0.2) is 36.3 Å². The fourth-order valence-electron chi connectivity index (χ4n) is 1.25. The smallest absolute Gasteiger partial charge is 0.322 e. The molecule has 0 saturated heterocycles. The Balaban J connectivity index is 2.10. The fourth-order valence-corrected chi connectivity index (χ4v) is 1.25. The van der Waals surface area contributed by atoms with Gasteiger partial charge < -0.3 is 4.74 Å². The number of hydrogen-bond donors (Lipinski definition) is 0. The molecular formula is C11H12N2O. The van der Waals surface area contributed by atoms with Crippen molar-refractivity contribution in [1.82, 2.24) is 9.97 Å². The van der Waals surface area contributed by atoms with Crippen molar-refractivity contribution >= 4 is 0 Å². The molecule has 1 heterocycles. The van der Waals surface area contributed by atoms with E-state index in [1.54, 1.807) is 6.20 Å². The van der Waals surface area contributed by atoms with Crippen LogP contribution in [0.25, 0.3) is 0 Å². The van der Waals surface area contributed by atoms with Crippen LogP contribution in [0, 0.1) is 6.92 Å². The Morgan fingerprint density at radius 1 is 1.36 bits per heavy atom. The van der Waals surface area contributed by atoms with Gasteiger partial charge >= 0.3 is 6.01 Å². The summed E-state index contributed by atoms with van der Waals surface area (Å²) >= 11 is 0. The van der Waals surface area contributed by atoms with Gasteiger partial charge in [0.1, 0.15) is 5.76 Å². The Morgan fingerprint density at radius 3 is 3.00 bits per heavy atom. The fraction of sp³-hybridized carbons (Fsp3) is 0.273. The molecule has 0 fully saturated rings. The first-order chi connectivity index (χ1) is 6.84. The lowest BCUT2D eigenvalue weighted by atomic mass is 10.2. The Hall–Kier alpha value is -1.64. The molecule has 1 aliphatic carbocycles. The van der Waals surface area contributed by atoms with E-state index < -0.39 is 0 Å². The maximum Gasteiger partial charge on any atom is 0.322 e. The van der Waals surface area contributed by atoms with Crippen molar-refractivity contribution in [2.45, 2.75) is 19.8 Å². The van der Waals surface area contributed by atoms with E-state index >= 15 is 0 Å². The standard InChI is InChI=1S/C11H12N2O/c1-9-7-8-12-11(13-9)14-10-5-3-2-4-6-10/h3,5-8H,2,4H2,1H3. The molecule has 3 nitrogen and oxygen atoms in total. The molecule has 2 rings (SSSR count). The number of rotatable bonds is 2. The Morgan fingerprint density at radius 2 is 2.29 bits per heavy atom. The maximum atomic E-state index is 5.49. The van der Waals surface area contributed by atoms with Crippen molar-refractivity contribution in [3.8, 4) is 6.01 Å². The van der Waals surface area contributed by atoms with E-state index in [0.717, 1.165) is 24.3 Å². The molecule has 0 saturated carbocycles. The van der Waals surface area contributed by atoms with Crippen LogP contribution in [-0.2, 0) is 0 Å². The van der Waals surface area contributed by atoms with Gasteiger partial charge in [0.2, 0.25) is 0 Å². The average molecular weight is 188 g/mol. The SMILES string of the molecule is Cc1ccnc(OC2=CCCC=C2)n1. The van der Waals surface area contributed by atoms with Crippen LogP contribution < -0.4 is 4.74 Å². The molecule has 0 bridgehead atoms. The Bertz CT molecular complexity index is 383. The highest BCUT2D eigenvalue weighted by Gasteiger charge is 2.02. The van der Waals surface area contributed by atoms with Crippen molar-refractivity contribution in [3.63, 3.8) is 0 Å². The zero-order valence-corrected chi connectivity index (χ0v) is 8.10. The van der Waals surface area contributed by atoms with Gasteiger partial charge in [-0.05, 0) is 38.0 Å². The first-order valence-corrected chi connectivity index (χ1v) is 4.69. The van der Waals surface area contributed by atoms with Gasteiger partial charge in [-0.25, -0.2) is 9.97 Å². The van der Waals surface area contributed by atoms with Gasteiger partial charge in [0.15, 0.2) is 0 Å². The molecule has 1 aromatic rings. The lowest BCUT2D eigenvalue weighted by molar-refractivity contribution is 0.402. The van der Waals surface area contributed by atoms with E-state index in [4.69, 9.17) is 4.74 Å². The normalized spacial score (nSPS) is 15.1. The van der Waals surface area contributed by atoms with E-state index in [0.29, 0.717) is 6.01 Å². The summed E-state index contributed by atoms with van der Waals surface area (Å²) in [6.45, 7) is 1.92. The highest BCUT2D eigenvalue weighted by atomic mass is 16.5. The number of hydrogen-bond acceptors (Lipinski definition) is 3. The quantitative estimate of drug-likeness (QED) is 0.714. The van der Waals surface area contributed by atoms with E-state index in [2.05, 4.69) is 16.0 Å². The van der Waals surface area contributed by atoms with Crippen LogP contribution in [0.4, 0.5) is 0 Å². The number of ether oxygens (including phenoxy) is 1. The first kappa shape index (κ1) is 8.94. The molecule has 0 radical (unpaired) electrons. The van der Waals surface area contributed by atoms with Crippen molar-refractivity contribution in [2.75, 3.05) is 0 Å². The lowest BCUT2D eigenvalue weighted by Crippen LogP contribution is -1.99. The molecule has 0 aromatic carbocycles. The number of nitrogens with zero attached hydrogens (tertiary/aromatic N) is 2. The molecular weight excluding hydrogens is 176 g/mol. The zero-order valence-electron chi connectivity index (χ0n) is 8.10. The largest absolute Gasteiger partial charge is 0.425 e. The van der Waals surface area contributed by atoms with Crippen molar-refractivity contribution in [2.24, 2.45) is 0 Å². The summed E-state index contributed by atoms with van der Waals surface area (Å²) in [6, 6.07) is 2.26. The third kappa shape index (κ3) is 2.19. The Labute approximate surface area is 83.2 Å². The topological polar surface area (TPSA) is 35.0 Å². The second kappa shape index (κ2) is 4.05. The first-order valence-electron chi connectivity index (χ1n) is 4.69. The van der Waals surface area contributed by atoms with Crippen LogP contribution in [0.3, 0.4) is 0 Å². The minimum Gasteiger partial charge on any atom is -0.425 e. The molecule has 0 amide bonds. The van der Waals surface area contributed by atoms with Gasteiger partial charge in [0.25, 0.3) is 0 Å². The molecule has 3 heteroatoms. The van der Waals surface area contributed by atoms with E-state index in [9.17, 15) is 0 Å². The van der Waals surface area contributed by atoms with E-state index in [1.165, 1.54) is 0 Å². The van der Waals surface area contributed by atoms with Crippen LogP contribution in [0.2, 0.25) is 0 Å². The summed E-state index contributed by atoms with van der Waals surface area (Å²) in [5.41, 5.74) is 0.912. The Kier molecular flexibility index (Phi) is 2.58. The van der Waals surface area contributed by atoms with Gasteiger partial charge in [-0.2, -0.15) is 0 Å². The maximum absolute atomic E-state index is 5.49. The minimum absolute atomic E-state index is 0.419. The van der Waals surface area contributed by atoms with Gasteiger partial charge in [0, 0.05) is 11.9 Å². The molecule has 14 heavy (non-hydrogen) atoms. The highest BCUT2D eigenvalue weighted by molar-refractivity contribution is 5.19. The van der Waals surface area contributed by atoms with E-state index in [1.807, 2.05) is 25.1 Å². The third-order valence-electron chi connectivity index (χ3n) is 1.94. The second-order valence-electron chi connectivity index (χ2n) is 3.17. The van der Waals surface area contributed by atoms with Crippen LogP contribution >= 0.6 is 0 Å². The van der Waals surface area contributed by atoms with Crippen molar-refractivity contribution < 1.29 is 4.74 Å². The molecule has 0 N–H and O–H groups in total. The highest BCUT2D eigenvalue weighted by Crippen LogP contribution is 2.13. The van der Waals surface area contributed by atoms with Gasteiger partial charge in [-0.1, -0.05) is 6.08 Å². The van der Waals surface area contributed by atoms with Gasteiger partial charge in [0.05, 0.1) is 0 Å². The third-order valence-corrected chi connectivity index (χ3v) is 1.94. The monoisotopic (exact) mass is 188 g/mol. The summed E-state index contributed by atoms with van der Waals surface area (Å²) in [5, 5.41) is 0. The molecule has 1 aliphatic rings. The molecule has 0 aliphatic heterocycles. The molecule has 72 valence electrons. The predicted molar refractivity (Wildman–Crippen MR) is 53.9 cm³/mol. The van der Waals surface area contributed by atoms with Crippen LogP contribution in [-0.4, -0.2) is 9.97 Å². The zero-order chi connectivity index (χ0) is 9.80. The van der Waals surface area contributed by atoms with E-state index in [-0.39, 0.29) is 0 Å². The van der Waals surface area contributed by atoms with Gasteiger partial charge in [-0.15, -0.1) is 0 Å². The van der Waals surface area contributed by atoms with Crippen LogP contribution in [0.1, 0.15) is 18.5 Å². The van der Waals surface area contributed by atoms with Crippen molar-refractivity contribution in [3.05, 3.63) is 41.9 Å². The lowest BCUT2D eigenvalue weighted by Gasteiger charge is -2.07. The van der Waals surface area contributed by atoms with Crippen molar-refractivity contribution in [1.29, 1.82) is 0 Å². The molecule has 0 unspecified atom stereocenters. The molecule has 0 spiro atoms. The second-order valence-corrected chi connectivity index (χ2v) is 3.17. The summed E-state index contributed by atoms with van der Waals surface area (Å²) < 4.78 is 5.49. The summed E-state index contributed by atoms with van der Waals surface area (Å²) in [7, 11) is 0.